The largest absolute Gasteiger partial charge is 0.379 e. The first-order chi connectivity index (χ1) is 11.2. The molecule has 23 heavy (non-hydrogen) atoms. The highest BCUT2D eigenvalue weighted by Gasteiger charge is 2.22. The lowest BCUT2D eigenvalue weighted by Crippen LogP contribution is -2.41. The highest BCUT2D eigenvalue weighted by Crippen LogP contribution is 2.22. The minimum atomic E-state index is 0.256. The monoisotopic (exact) mass is 318 g/mol. The van der Waals surface area contributed by atoms with Gasteiger partial charge in [-0.25, -0.2) is 0 Å². The predicted molar refractivity (Wildman–Crippen MR) is 95.7 cm³/mol. The van der Waals surface area contributed by atoms with Crippen LogP contribution in [0.3, 0.4) is 0 Å². The fraction of sp³-hybridized carbons (Fsp3) is 0.611. The standard InChI is InChI=1S/C18H30N4O/c1-3-4-9-20-18(19)21-14-17(22-10-12-23-13-11-22)16-7-5-15(2)6-8-16/h5-8,17H,3-4,9-14H2,1-2H3,(H3,19,20,21). The molecule has 1 fully saturated rings. The van der Waals surface area contributed by atoms with E-state index in [-0.39, 0.29) is 6.04 Å². The van der Waals surface area contributed by atoms with Crippen molar-refractivity contribution in [3.63, 3.8) is 0 Å². The Morgan fingerprint density at radius 2 is 2.00 bits per heavy atom. The first kappa shape index (κ1) is 17.8. The maximum absolute atomic E-state index is 5.99. The molecular weight excluding hydrogens is 288 g/mol. The Balaban J connectivity index is 2.03. The number of hydrogen-bond acceptors (Lipinski definition) is 3. The van der Waals surface area contributed by atoms with E-state index in [9.17, 15) is 0 Å². The van der Waals surface area contributed by atoms with Crippen LogP contribution in [-0.4, -0.2) is 50.3 Å². The van der Waals surface area contributed by atoms with Crippen molar-refractivity contribution in [2.75, 3.05) is 39.4 Å². The number of unbranched alkanes of at least 4 members (excludes halogenated alkanes) is 1. The number of aryl methyl sites for hydroxylation is 1. The third-order valence-corrected chi connectivity index (χ3v) is 4.22. The van der Waals surface area contributed by atoms with Crippen LogP contribution in [0.4, 0.5) is 0 Å². The van der Waals surface area contributed by atoms with Crippen molar-refractivity contribution in [1.29, 1.82) is 0 Å². The second-order valence-corrected chi connectivity index (χ2v) is 6.08. The summed E-state index contributed by atoms with van der Waals surface area (Å²) in [7, 11) is 0. The number of nitrogens with zero attached hydrogens (tertiary/aromatic N) is 2. The van der Waals surface area contributed by atoms with E-state index >= 15 is 0 Å². The van der Waals surface area contributed by atoms with Crippen LogP contribution in [-0.2, 0) is 4.74 Å². The van der Waals surface area contributed by atoms with Gasteiger partial charge in [0.2, 0.25) is 0 Å². The molecule has 1 aromatic carbocycles. The highest BCUT2D eigenvalue weighted by molar-refractivity contribution is 5.77. The van der Waals surface area contributed by atoms with Gasteiger partial charge in [0.05, 0.1) is 25.8 Å². The van der Waals surface area contributed by atoms with Crippen molar-refractivity contribution in [3.05, 3.63) is 35.4 Å². The first-order valence-electron chi connectivity index (χ1n) is 8.63. The fourth-order valence-electron chi connectivity index (χ4n) is 2.74. The smallest absolute Gasteiger partial charge is 0.188 e. The maximum atomic E-state index is 5.99. The van der Waals surface area contributed by atoms with Gasteiger partial charge in [-0.15, -0.1) is 0 Å². The number of hydrogen-bond donors (Lipinski definition) is 2. The van der Waals surface area contributed by atoms with Crippen molar-refractivity contribution in [2.24, 2.45) is 10.7 Å². The molecule has 0 saturated carbocycles. The van der Waals surface area contributed by atoms with E-state index in [1.807, 2.05) is 0 Å². The predicted octanol–water partition coefficient (Wildman–Crippen LogP) is 2.07. The van der Waals surface area contributed by atoms with Crippen LogP contribution in [0.2, 0.25) is 0 Å². The number of rotatable bonds is 7. The maximum Gasteiger partial charge on any atom is 0.188 e. The molecule has 1 atom stereocenters. The molecule has 2 rings (SSSR count). The molecule has 1 saturated heterocycles. The lowest BCUT2D eigenvalue weighted by molar-refractivity contribution is 0.0180. The van der Waals surface area contributed by atoms with Gasteiger partial charge in [-0.2, -0.15) is 0 Å². The first-order valence-corrected chi connectivity index (χ1v) is 8.63. The summed E-state index contributed by atoms with van der Waals surface area (Å²) in [6.45, 7) is 9.30. The molecule has 128 valence electrons. The lowest BCUT2D eigenvalue weighted by atomic mass is 10.0. The third kappa shape index (κ3) is 5.84. The SMILES string of the molecule is CCCCNC(N)=NCC(c1ccc(C)cc1)N1CCOCC1. The molecule has 0 spiro atoms. The van der Waals surface area contributed by atoms with Crippen LogP contribution in [0.1, 0.15) is 36.9 Å². The summed E-state index contributed by atoms with van der Waals surface area (Å²) in [4.78, 5) is 7.01. The Hall–Kier alpha value is -1.59. The summed E-state index contributed by atoms with van der Waals surface area (Å²) in [5.74, 6) is 0.545. The molecule has 1 aromatic rings. The van der Waals surface area contributed by atoms with Crippen LogP contribution in [0.15, 0.2) is 29.3 Å². The molecule has 0 radical (unpaired) electrons. The zero-order valence-electron chi connectivity index (χ0n) is 14.4. The second-order valence-electron chi connectivity index (χ2n) is 6.08. The molecule has 5 nitrogen and oxygen atoms in total. The number of nitrogens with two attached hydrogens (primary N) is 1. The van der Waals surface area contributed by atoms with Crippen molar-refractivity contribution < 1.29 is 4.74 Å². The molecule has 1 unspecified atom stereocenters. The summed E-state index contributed by atoms with van der Waals surface area (Å²) < 4.78 is 5.48. The molecule has 5 heteroatoms. The number of guanidine groups is 1. The third-order valence-electron chi connectivity index (χ3n) is 4.22. The second kappa shape index (κ2) is 9.53. The average Bonchev–Trinajstić information content (AvgIpc) is 2.58. The van der Waals surface area contributed by atoms with E-state index in [1.54, 1.807) is 0 Å². The fourth-order valence-corrected chi connectivity index (χ4v) is 2.74. The van der Waals surface area contributed by atoms with E-state index in [0.717, 1.165) is 45.7 Å². The van der Waals surface area contributed by atoms with Crippen LogP contribution < -0.4 is 11.1 Å². The summed E-state index contributed by atoms with van der Waals surface area (Å²) >= 11 is 0. The molecule has 1 heterocycles. The minimum Gasteiger partial charge on any atom is -0.379 e. The van der Waals surface area contributed by atoms with Crippen LogP contribution in [0.25, 0.3) is 0 Å². The van der Waals surface area contributed by atoms with Gasteiger partial charge in [-0.1, -0.05) is 43.2 Å². The Morgan fingerprint density at radius 1 is 1.30 bits per heavy atom. The zero-order valence-corrected chi connectivity index (χ0v) is 14.4. The number of ether oxygens (including phenoxy) is 1. The van der Waals surface area contributed by atoms with Crippen LogP contribution in [0.5, 0.6) is 0 Å². The van der Waals surface area contributed by atoms with Gasteiger partial charge in [-0.3, -0.25) is 9.89 Å². The normalized spacial score (nSPS) is 17.9. The number of nitrogens with one attached hydrogen (secondary N) is 1. The molecule has 1 aliphatic heterocycles. The Morgan fingerprint density at radius 3 is 2.65 bits per heavy atom. The van der Waals surface area contributed by atoms with Gasteiger partial charge in [-0.05, 0) is 18.9 Å². The molecule has 0 bridgehead atoms. The van der Waals surface area contributed by atoms with Crippen molar-refractivity contribution in [2.45, 2.75) is 32.7 Å². The lowest BCUT2D eigenvalue weighted by Gasteiger charge is -2.34. The Bertz CT molecular complexity index is 480. The number of benzene rings is 1. The van der Waals surface area contributed by atoms with Gasteiger partial charge < -0.3 is 15.8 Å². The van der Waals surface area contributed by atoms with Gasteiger partial charge in [0.15, 0.2) is 5.96 Å². The van der Waals surface area contributed by atoms with E-state index in [2.05, 4.69) is 53.3 Å². The van der Waals surface area contributed by atoms with Gasteiger partial charge in [0.25, 0.3) is 0 Å². The Labute approximate surface area is 139 Å². The van der Waals surface area contributed by atoms with Gasteiger partial charge in [0, 0.05) is 19.6 Å². The summed E-state index contributed by atoms with van der Waals surface area (Å²) in [6.07, 6.45) is 2.27. The van der Waals surface area contributed by atoms with E-state index in [1.165, 1.54) is 11.1 Å². The molecule has 1 aliphatic rings. The quantitative estimate of drug-likeness (QED) is 0.459. The molecule has 0 aromatic heterocycles. The molecule has 3 N–H and O–H groups in total. The van der Waals surface area contributed by atoms with E-state index < -0.39 is 0 Å². The average molecular weight is 318 g/mol. The zero-order chi connectivity index (χ0) is 16.5. The van der Waals surface area contributed by atoms with Crippen molar-refractivity contribution in [1.82, 2.24) is 10.2 Å². The Kier molecular flexibility index (Phi) is 7.36. The van der Waals surface area contributed by atoms with Gasteiger partial charge >= 0.3 is 0 Å². The summed E-state index contributed by atoms with van der Waals surface area (Å²) in [5, 5.41) is 3.19. The highest BCUT2D eigenvalue weighted by atomic mass is 16.5. The van der Waals surface area contributed by atoms with Crippen LogP contribution in [0, 0.1) is 6.92 Å². The van der Waals surface area contributed by atoms with Crippen molar-refractivity contribution in [3.8, 4) is 0 Å². The van der Waals surface area contributed by atoms with E-state index in [0.29, 0.717) is 12.5 Å². The van der Waals surface area contributed by atoms with Crippen molar-refractivity contribution >= 4 is 5.96 Å². The number of morpholine rings is 1. The topological polar surface area (TPSA) is 62.9 Å². The summed E-state index contributed by atoms with van der Waals surface area (Å²) in [5.41, 5.74) is 8.56. The minimum absolute atomic E-state index is 0.256. The summed E-state index contributed by atoms with van der Waals surface area (Å²) in [6, 6.07) is 8.98. The molecule has 0 aliphatic carbocycles. The van der Waals surface area contributed by atoms with E-state index in [4.69, 9.17) is 10.5 Å². The van der Waals surface area contributed by atoms with Crippen LogP contribution >= 0.6 is 0 Å². The number of aliphatic imine (C=N–C) groups is 1. The molecular formula is C18H30N4O. The molecule has 0 amide bonds. The van der Waals surface area contributed by atoms with Gasteiger partial charge in [0.1, 0.15) is 0 Å².